The molecule has 0 spiro atoms. The first-order chi connectivity index (χ1) is 12.7. The number of rotatable bonds is 5. The Morgan fingerprint density at radius 2 is 1.85 bits per heavy atom. The number of nitrogens with one attached hydrogen (secondary N) is 1. The summed E-state index contributed by atoms with van der Waals surface area (Å²) in [7, 11) is 0. The number of aryl methyl sites for hydroxylation is 1. The first-order valence-corrected chi connectivity index (χ1v) is 9.42. The van der Waals surface area contributed by atoms with Gasteiger partial charge in [0, 0.05) is 23.2 Å². The second-order valence-corrected chi connectivity index (χ2v) is 7.10. The predicted molar refractivity (Wildman–Crippen MR) is 106 cm³/mol. The van der Waals surface area contributed by atoms with Gasteiger partial charge >= 0.3 is 0 Å². The molecule has 0 atom stereocenters. The van der Waals surface area contributed by atoms with Crippen LogP contribution in [0.25, 0.3) is 16.6 Å². The maximum absolute atomic E-state index is 12.1. The molecule has 2 aromatic heterocycles. The topological polar surface area (TPSA) is 59.3 Å². The van der Waals surface area contributed by atoms with Crippen molar-refractivity contribution in [3.8, 4) is 0 Å². The number of nitrogens with zero attached hydrogens (tertiary/aromatic N) is 3. The molecular formula is C20H18N4OS. The van der Waals surface area contributed by atoms with Crippen LogP contribution in [0.2, 0.25) is 0 Å². The van der Waals surface area contributed by atoms with Gasteiger partial charge in [-0.2, -0.15) is 0 Å². The summed E-state index contributed by atoms with van der Waals surface area (Å²) >= 11 is 1.54. The van der Waals surface area contributed by atoms with Crippen LogP contribution in [0.3, 0.4) is 0 Å². The number of amides is 1. The van der Waals surface area contributed by atoms with Gasteiger partial charge in [0.25, 0.3) is 0 Å². The first-order valence-electron chi connectivity index (χ1n) is 8.43. The van der Waals surface area contributed by atoms with E-state index in [1.807, 2.05) is 48.5 Å². The van der Waals surface area contributed by atoms with E-state index in [-0.39, 0.29) is 5.91 Å². The summed E-state index contributed by atoms with van der Waals surface area (Å²) in [5.74, 6) is 0.639. The Balaban J connectivity index is 1.50. The van der Waals surface area contributed by atoms with Gasteiger partial charge in [-0.3, -0.25) is 9.20 Å². The van der Waals surface area contributed by atoms with E-state index < -0.39 is 0 Å². The molecule has 6 heteroatoms. The van der Waals surface area contributed by atoms with Crippen LogP contribution in [-0.4, -0.2) is 26.3 Å². The number of fused-ring (bicyclic) bond motifs is 3. The summed E-state index contributed by atoms with van der Waals surface area (Å²) in [5.41, 5.74) is 3.91. The van der Waals surface area contributed by atoms with E-state index in [0.717, 1.165) is 22.0 Å². The third-order valence-corrected chi connectivity index (χ3v) is 5.12. The van der Waals surface area contributed by atoms with Gasteiger partial charge in [-0.25, -0.2) is 0 Å². The van der Waals surface area contributed by atoms with Crippen LogP contribution in [0.1, 0.15) is 12.0 Å². The second-order valence-electron chi connectivity index (χ2n) is 6.03. The maximum atomic E-state index is 12.1. The Labute approximate surface area is 155 Å². The Morgan fingerprint density at radius 3 is 2.69 bits per heavy atom. The number of carbonyl (C=O) groups excluding carboxylic acids is 1. The minimum atomic E-state index is -0.00165. The smallest absolute Gasteiger partial charge is 0.225 e. The maximum Gasteiger partial charge on any atom is 0.225 e. The molecule has 4 aromatic rings. The number of hydrogen-bond donors (Lipinski definition) is 1. The summed E-state index contributed by atoms with van der Waals surface area (Å²) in [4.78, 5) is 12.1. The van der Waals surface area contributed by atoms with Gasteiger partial charge in [0.2, 0.25) is 5.91 Å². The van der Waals surface area contributed by atoms with Gasteiger partial charge in [-0.15, -0.1) is 10.2 Å². The van der Waals surface area contributed by atoms with E-state index >= 15 is 0 Å². The highest BCUT2D eigenvalue weighted by atomic mass is 32.2. The van der Waals surface area contributed by atoms with E-state index in [0.29, 0.717) is 12.2 Å². The number of benzene rings is 2. The largest absolute Gasteiger partial charge is 0.326 e. The average molecular weight is 362 g/mol. The lowest BCUT2D eigenvalue weighted by Gasteiger charge is -2.07. The highest BCUT2D eigenvalue weighted by Crippen LogP contribution is 2.26. The zero-order valence-electron chi connectivity index (χ0n) is 14.3. The molecule has 2 aromatic carbocycles. The zero-order valence-corrected chi connectivity index (χ0v) is 15.2. The van der Waals surface area contributed by atoms with Crippen molar-refractivity contribution in [2.75, 3.05) is 11.1 Å². The predicted octanol–water partition coefficient (Wildman–Crippen LogP) is 4.31. The van der Waals surface area contributed by atoms with Crippen LogP contribution in [0.4, 0.5) is 5.69 Å². The number of thioether (sulfide) groups is 1. The first kappa shape index (κ1) is 16.6. The van der Waals surface area contributed by atoms with Crippen LogP contribution in [0.5, 0.6) is 0 Å². The molecule has 130 valence electrons. The SMILES string of the molecule is Cc1cc2nnc(SCCC(=O)Nc3ccccc3)n2c2ccccc12. The highest BCUT2D eigenvalue weighted by Gasteiger charge is 2.12. The fourth-order valence-corrected chi connectivity index (χ4v) is 3.84. The molecular weight excluding hydrogens is 344 g/mol. The lowest BCUT2D eigenvalue weighted by atomic mass is 10.1. The summed E-state index contributed by atoms with van der Waals surface area (Å²) in [6.45, 7) is 2.08. The van der Waals surface area contributed by atoms with Gasteiger partial charge in [0.1, 0.15) is 0 Å². The molecule has 0 bridgehead atoms. The molecule has 0 unspecified atom stereocenters. The highest BCUT2D eigenvalue weighted by molar-refractivity contribution is 7.99. The van der Waals surface area contributed by atoms with Crippen molar-refractivity contribution in [1.29, 1.82) is 0 Å². The van der Waals surface area contributed by atoms with Crippen LogP contribution in [-0.2, 0) is 4.79 Å². The van der Waals surface area contributed by atoms with Crippen LogP contribution >= 0.6 is 11.8 Å². The van der Waals surface area contributed by atoms with E-state index in [2.05, 4.69) is 39.0 Å². The minimum Gasteiger partial charge on any atom is -0.326 e. The third kappa shape index (κ3) is 3.28. The molecule has 0 aliphatic carbocycles. The molecule has 4 rings (SSSR count). The van der Waals surface area contributed by atoms with Gasteiger partial charge in [-0.05, 0) is 36.8 Å². The summed E-state index contributed by atoms with van der Waals surface area (Å²) in [6, 6.07) is 19.8. The molecule has 5 nitrogen and oxygen atoms in total. The Kier molecular flexibility index (Phi) is 4.58. The molecule has 1 N–H and O–H groups in total. The van der Waals surface area contributed by atoms with E-state index in [4.69, 9.17) is 0 Å². The lowest BCUT2D eigenvalue weighted by molar-refractivity contribution is -0.115. The fraction of sp³-hybridized carbons (Fsp3) is 0.150. The van der Waals surface area contributed by atoms with E-state index in [1.165, 1.54) is 10.9 Å². The number of para-hydroxylation sites is 2. The second kappa shape index (κ2) is 7.17. The quantitative estimate of drug-likeness (QED) is 0.538. The number of hydrogen-bond acceptors (Lipinski definition) is 4. The number of carbonyl (C=O) groups is 1. The monoisotopic (exact) mass is 362 g/mol. The van der Waals surface area contributed by atoms with Gasteiger partial charge in [0.05, 0.1) is 5.52 Å². The van der Waals surface area contributed by atoms with Gasteiger partial charge in [-0.1, -0.05) is 48.2 Å². The summed E-state index contributed by atoms with van der Waals surface area (Å²) < 4.78 is 2.06. The van der Waals surface area contributed by atoms with E-state index in [9.17, 15) is 4.79 Å². The van der Waals surface area contributed by atoms with Crippen LogP contribution in [0, 0.1) is 6.92 Å². The van der Waals surface area contributed by atoms with Crippen LogP contribution in [0.15, 0.2) is 65.8 Å². The average Bonchev–Trinajstić information content (AvgIpc) is 3.06. The van der Waals surface area contributed by atoms with Gasteiger partial charge in [0.15, 0.2) is 10.8 Å². The van der Waals surface area contributed by atoms with Crippen molar-refractivity contribution in [2.45, 2.75) is 18.5 Å². The number of pyridine rings is 1. The molecule has 26 heavy (non-hydrogen) atoms. The summed E-state index contributed by atoms with van der Waals surface area (Å²) in [6.07, 6.45) is 0.415. The lowest BCUT2D eigenvalue weighted by Crippen LogP contribution is -2.12. The molecule has 0 saturated heterocycles. The van der Waals surface area contributed by atoms with Crippen molar-refractivity contribution >= 4 is 39.9 Å². The van der Waals surface area contributed by atoms with Crippen molar-refractivity contribution < 1.29 is 4.79 Å². The van der Waals surface area contributed by atoms with Crippen molar-refractivity contribution in [2.24, 2.45) is 0 Å². The number of anilines is 1. The normalized spacial score (nSPS) is 11.1. The molecule has 0 aliphatic heterocycles. The standard InChI is InChI=1S/C20H18N4OS/c1-14-13-18-22-23-20(24(18)17-10-6-5-9-16(14)17)26-12-11-19(25)21-15-7-3-2-4-8-15/h2-10,13H,11-12H2,1H3,(H,21,25). The van der Waals surface area contributed by atoms with E-state index in [1.54, 1.807) is 11.8 Å². The molecule has 1 amide bonds. The van der Waals surface area contributed by atoms with Crippen molar-refractivity contribution in [3.05, 3.63) is 66.2 Å². The van der Waals surface area contributed by atoms with Crippen molar-refractivity contribution in [1.82, 2.24) is 14.6 Å². The molecule has 0 fully saturated rings. The Hall–Kier alpha value is -2.86. The molecule has 0 aliphatic rings. The minimum absolute atomic E-state index is 0.00165. The number of aromatic nitrogens is 3. The van der Waals surface area contributed by atoms with Crippen LogP contribution < -0.4 is 5.32 Å². The molecule has 0 radical (unpaired) electrons. The van der Waals surface area contributed by atoms with Crippen molar-refractivity contribution in [3.63, 3.8) is 0 Å². The molecule has 0 saturated carbocycles. The van der Waals surface area contributed by atoms with Gasteiger partial charge < -0.3 is 5.32 Å². The Morgan fingerprint density at radius 1 is 1.08 bits per heavy atom. The fourth-order valence-electron chi connectivity index (χ4n) is 2.95. The zero-order chi connectivity index (χ0) is 17.9. The Bertz CT molecular complexity index is 1080. The molecule has 2 heterocycles. The summed E-state index contributed by atoms with van der Waals surface area (Å²) in [5, 5.41) is 13.5. The third-order valence-electron chi connectivity index (χ3n) is 4.19.